The first kappa shape index (κ1) is 17.5. The molecule has 0 fully saturated rings. The number of benzene rings is 1. The highest BCUT2D eigenvalue weighted by Gasteiger charge is 2.82. The Morgan fingerprint density at radius 1 is 0.542 bits per heavy atom. The van der Waals surface area contributed by atoms with Crippen LogP contribution in [-0.2, 0) is 17.8 Å². The molecule has 0 bridgehead atoms. The molecule has 0 unspecified atom stereocenters. The third-order valence-electron chi connectivity index (χ3n) is 3.66. The third kappa shape index (κ3) is 1.53. The van der Waals surface area contributed by atoms with E-state index in [1.165, 1.54) is 0 Å². The summed E-state index contributed by atoms with van der Waals surface area (Å²) in [6, 6.07) is 0. The fourth-order valence-electron chi connectivity index (χ4n) is 2.48. The Morgan fingerprint density at radius 2 is 0.958 bits per heavy atom. The van der Waals surface area contributed by atoms with Crippen LogP contribution in [0.5, 0.6) is 0 Å². The summed E-state index contributed by atoms with van der Waals surface area (Å²) < 4.78 is 161. The summed E-state index contributed by atoms with van der Waals surface area (Å²) in [6.45, 7) is 0. The molecule has 0 radical (unpaired) electrons. The standard InChI is InChI=1S/C11F12S/c12-4-1-2(8(16,17)10(20,21)7(1,14)15)5(13)6-3(4)9(18,19)11(22,23)24-6. The Bertz CT molecular complexity index is 765. The van der Waals surface area contributed by atoms with Crippen LogP contribution >= 0.6 is 11.8 Å². The van der Waals surface area contributed by atoms with Crippen molar-refractivity contribution < 1.29 is 52.7 Å². The Labute approximate surface area is 127 Å². The molecule has 0 amide bonds. The number of halogens is 12. The summed E-state index contributed by atoms with van der Waals surface area (Å²) in [5.74, 6) is -30.0. The molecule has 2 aliphatic rings. The zero-order chi connectivity index (χ0) is 18.7. The van der Waals surface area contributed by atoms with Crippen molar-refractivity contribution in [1.82, 2.24) is 0 Å². The number of thioether (sulfide) groups is 1. The van der Waals surface area contributed by atoms with Crippen molar-refractivity contribution in [1.29, 1.82) is 0 Å². The molecule has 0 N–H and O–H groups in total. The molecule has 0 nitrogen and oxygen atoms in total. The van der Waals surface area contributed by atoms with Gasteiger partial charge in [0.2, 0.25) is 0 Å². The number of alkyl halides is 10. The van der Waals surface area contributed by atoms with E-state index >= 15 is 0 Å². The van der Waals surface area contributed by atoms with Crippen molar-refractivity contribution in [2.24, 2.45) is 0 Å². The lowest BCUT2D eigenvalue weighted by molar-refractivity contribution is -0.303. The van der Waals surface area contributed by atoms with Gasteiger partial charge in [-0.1, -0.05) is 0 Å². The zero-order valence-electron chi connectivity index (χ0n) is 10.4. The maximum atomic E-state index is 13.9. The average molecular weight is 392 g/mol. The van der Waals surface area contributed by atoms with Crippen LogP contribution in [0.4, 0.5) is 52.7 Å². The van der Waals surface area contributed by atoms with E-state index in [9.17, 15) is 52.7 Å². The van der Waals surface area contributed by atoms with Gasteiger partial charge in [-0.3, -0.25) is 0 Å². The Balaban J connectivity index is 2.50. The normalized spacial score (nSPS) is 27.0. The molecule has 0 saturated carbocycles. The highest BCUT2D eigenvalue weighted by atomic mass is 32.2. The first-order valence-electron chi connectivity index (χ1n) is 5.68. The minimum Gasteiger partial charge on any atom is -0.206 e. The first-order chi connectivity index (χ1) is 10.5. The predicted octanol–water partition coefficient (Wildman–Crippen LogP) is 5.59. The van der Waals surface area contributed by atoms with E-state index in [4.69, 9.17) is 0 Å². The molecule has 1 aromatic rings. The van der Waals surface area contributed by atoms with Crippen LogP contribution in [0, 0.1) is 11.6 Å². The lowest BCUT2D eigenvalue weighted by Crippen LogP contribution is -2.43. The van der Waals surface area contributed by atoms with Gasteiger partial charge in [-0.15, -0.1) is 0 Å². The summed E-state index contributed by atoms with van der Waals surface area (Å²) in [7, 11) is 0. The van der Waals surface area contributed by atoms with Crippen molar-refractivity contribution in [2.75, 3.05) is 0 Å². The van der Waals surface area contributed by atoms with E-state index in [-0.39, 0.29) is 0 Å². The van der Waals surface area contributed by atoms with E-state index in [1.807, 2.05) is 0 Å². The molecule has 0 spiro atoms. The average Bonchev–Trinajstić information content (AvgIpc) is 2.64. The van der Waals surface area contributed by atoms with Crippen molar-refractivity contribution >= 4 is 11.8 Å². The number of fused-ring (bicyclic) bond motifs is 2. The Morgan fingerprint density at radius 3 is 1.42 bits per heavy atom. The molecule has 24 heavy (non-hydrogen) atoms. The van der Waals surface area contributed by atoms with Gasteiger partial charge in [0.15, 0.2) is 0 Å². The van der Waals surface area contributed by atoms with Crippen LogP contribution in [0.15, 0.2) is 4.90 Å². The van der Waals surface area contributed by atoms with Crippen LogP contribution in [-0.4, -0.2) is 11.2 Å². The highest BCUT2D eigenvalue weighted by Crippen LogP contribution is 2.69. The molecule has 0 saturated heterocycles. The Hall–Kier alpha value is -1.27. The van der Waals surface area contributed by atoms with E-state index in [2.05, 4.69) is 0 Å². The quantitative estimate of drug-likeness (QED) is 0.519. The van der Waals surface area contributed by atoms with Gasteiger partial charge >= 0.3 is 28.9 Å². The van der Waals surface area contributed by atoms with Crippen LogP contribution < -0.4 is 0 Å². The predicted molar refractivity (Wildman–Crippen MR) is 53.8 cm³/mol. The second kappa shape index (κ2) is 4.10. The fourth-order valence-corrected chi connectivity index (χ4v) is 3.48. The van der Waals surface area contributed by atoms with Crippen LogP contribution in [0.3, 0.4) is 0 Å². The number of hydrogen-bond donors (Lipinski definition) is 0. The van der Waals surface area contributed by atoms with Gasteiger partial charge in [0.05, 0.1) is 21.6 Å². The fraction of sp³-hybridized carbons (Fsp3) is 0.455. The summed E-state index contributed by atoms with van der Waals surface area (Å²) in [6.07, 6.45) is 0. The first-order valence-corrected chi connectivity index (χ1v) is 6.49. The van der Waals surface area contributed by atoms with Crippen molar-refractivity contribution in [3.63, 3.8) is 0 Å². The van der Waals surface area contributed by atoms with E-state index in [1.54, 1.807) is 0 Å². The summed E-state index contributed by atoms with van der Waals surface area (Å²) in [5.41, 5.74) is -8.61. The van der Waals surface area contributed by atoms with Crippen LogP contribution in [0.2, 0.25) is 0 Å². The van der Waals surface area contributed by atoms with Gasteiger partial charge in [-0.25, -0.2) is 8.78 Å². The Kier molecular flexibility index (Phi) is 3.00. The van der Waals surface area contributed by atoms with Crippen molar-refractivity contribution in [2.45, 2.75) is 33.8 Å². The molecule has 3 rings (SSSR count). The highest BCUT2D eigenvalue weighted by molar-refractivity contribution is 8.00. The zero-order valence-corrected chi connectivity index (χ0v) is 11.3. The molecule has 0 atom stereocenters. The second-order valence-corrected chi connectivity index (χ2v) is 6.12. The molecule has 1 aliphatic heterocycles. The summed E-state index contributed by atoms with van der Waals surface area (Å²) in [4.78, 5) is -2.12. The molecule has 134 valence electrons. The summed E-state index contributed by atoms with van der Waals surface area (Å²) in [5, 5.41) is -5.25. The van der Waals surface area contributed by atoms with E-state index in [0.717, 1.165) is 0 Å². The molecular weight excluding hydrogens is 392 g/mol. The molecule has 1 heterocycles. The maximum Gasteiger partial charge on any atom is 0.380 e. The maximum absolute atomic E-state index is 13.9. The summed E-state index contributed by atoms with van der Waals surface area (Å²) >= 11 is -1.41. The van der Waals surface area contributed by atoms with Crippen LogP contribution in [0.1, 0.15) is 16.7 Å². The molecule has 13 heteroatoms. The lowest BCUT2D eigenvalue weighted by Gasteiger charge is -2.23. The largest absolute Gasteiger partial charge is 0.380 e. The van der Waals surface area contributed by atoms with Gasteiger partial charge in [-0.2, -0.15) is 43.9 Å². The SMILES string of the molecule is Fc1c2c(c(F)c3c1C(F)(F)C(F)(F)C3(F)F)C(F)(F)C(F)(F)S2. The molecule has 1 aliphatic carbocycles. The van der Waals surface area contributed by atoms with Crippen molar-refractivity contribution in [3.05, 3.63) is 28.3 Å². The van der Waals surface area contributed by atoms with E-state index in [0.29, 0.717) is 0 Å². The minimum absolute atomic E-state index is 1.41. The minimum atomic E-state index is -6.35. The monoisotopic (exact) mass is 392 g/mol. The van der Waals surface area contributed by atoms with Gasteiger partial charge in [0.1, 0.15) is 11.6 Å². The van der Waals surface area contributed by atoms with E-state index < -0.39 is 73.9 Å². The second-order valence-electron chi connectivity index (χ2n) is 5.00. The topological polar surface area (TPSA) is 0 Å². The molecule has 1 aromatic carbocycles. The number of hydrogen-bond acceptors (Lipinski definition) is 1. The van der Waals surface area contributed by atoms with Gasteiger partial charge < -0.3 is 0 Å². The van der Waals surface area contributed by atoms with Gasteiger partial charge in [0.25, 0.3) is 0 Å². The lowest BCUT2D eigenvalue weighted by atomic mass is 9.98. The smallest absolute Gasteiger partial charge is 0.206 e. The molecule has 0 aromatic heterocycles. The van der Waals surface area contributed by atoms with Gasteiger partial charge in [0, 0.05) is 0 Å². The third-order valence-corrected chi connectivity index (χ3v) is 4.76. The van der Waals surface area contributed by atoms with Crippen molar-refractivity contribution in [3.8, 4) is 0 Å². The molecular formula is C11F12S. The van der Waals surface area contributed by atoms with Gasteiger partial charge in [-0.05, 0) is 11.8 Å². The van der Waals surface area contributed by atoms with Crippen LogP contribution in [0.25, 0.3) is 0 Å². The number of rotatable bonds is 0.